The third-order valence-corrected chi connectivity index (χ3v) is 5.77. The SMILES string of the molecule is CN=C(NCC(c1cccs1)N1CCCC1)NC(C)c1ccccc1. The van der Waals surface area contributed by atoms with Crippen LogP contribution in [0.5, 0.6) is 0 Å². The van der Waals surface area contributed by atoms with Gasteiger partial charge in [0.15, 0.2) is 5.96 Å². The molecule has 0 saturated carbocycles. The van der Waals surface area contributed by atoms with Gasteiger partial charge in [-0.3, -0.25) is 9.89 Å². The molecular weight excluding hydrogens is 328 g/mol. The molecule has 2 N–H and O–H groups in total. The second-order valence-electron chi connectivity index (χ2n) is 6.50. The summed E-state index contributed by atoms with van der Waals surface area (Å²) in [7, 11) is 1.84. The molecule has 1 aliphatic heterocycles. The minimum Gasteiger partial charge on any atom is -0.354 e. The van der Waals surface area contributed by atoms with Crippen molar-refractivity contribution in [3.8, 4) is 0 Å². The molecule has 134 valence electrons. The van der Waals surface area contributed by atoms with E-state index in [1.807, 2.05) is 24.5 Å². The highest BCUT2D eigenvalue weighted by molar-refractivity contribution is 7.10. The summed E-state index contributed by atoms with van der Waals surface area (Å²) in [5, 5.41) is 9.21. The summed E-state index contributed by atoms with van der Waals surface area (Å²) in [6.45, 7) is 5.43. The predicted octanol–water partition coefficient (Wildman–Crippen LogP) is 3.81. The molecule has 3 rings (SSSR count). The Morgan fingerprint density at radius 2 is 1.92 bits per heavy atom. The van der Waals surface area contributed by atoms with Crippen LogP contribution in [0.2, 0.25) is 0 Å². The predicted molar refractivity (Wildman–Crippen MR) is 107 cm³/mol. The van der Waals surface area contributed by atoms with Gasteiger partial charge in [-0.25, -0.2) is 0 Å². The van der Waals surface area contributed by atoms with Gasteiger partial charge >= 0.3 is 0 Å². The number of hydrogen-bond donors (Lipinski definition) is 2. The Labute approximate surface area is 155 Å². The molecule has 25 heavy (non-hydrogen) atoms. The quantitative estimate of drug-likeness (QED) is 0.611. The second-order valence-corrected chi connectivity index (χ2v) is 7.48. The number of nitrogens with zero attached hydrogens (tertiary/aromatic N) is 2. The minimum atomic E-state index is 0.222. The Kier molecular flexibility index (Phi) is 6.48. The molecular formula is C20H28N4S. The van der Waals surface area contributed by atoms with Gasteiger partial charge in [-0.1, -0.05) is 36.4 Å². The third-order valence-electron chi connectivity index (χ3n) is 4.79. The van der Waals surface area contributed by atoms with Gasteiger partial charge in [0, 0.05) is 18.5 Å². The summed E-state index contributed by atoms with van der Waals surface area (Å²) in [5.74, 6) is 0.858. The van der Waals surface area contributed by atoms with Crippen LogP contribution in [0.25, 0.3) is 0 Å². The number of benzene rings is 1. The maximum Gasteiger partial charge on any atom is 0.191 e. The van der Waals surface area contributed by atoms with E-state index in [1.165, 1.54) is 36.4 Å². The van der Waals surface area contributed by atoms with Gasteiger partial charge in [-0.2, -0.15) is 0 Å². The topological polar surface area (TPSA) is 39.7 Å². The number of rotatable bonds is 6. The number of aliphatic imine (C=N–C) groups is 1. The van der Waals surface area contributed by atoms with E-state index in [2.05, 4.69) is 69.2 Å². The molecule has 0 aliphatic carbocycles. The molecule has 5 heteroatoms. The van der Waals surface area contributed by atoms with Gasteiger partial charge < -0.3 is 10.6 Å². The molecule has 0 spiro atoms. The van der Waals surface area contributed by atoms with Crippen molar-refractivity contribution in [2.24, 2.45) is 4.99 Å². The molecule has 0 amide bonds. The van der Waals surface area contributed by atoms with E-state index in [0.29, 0.717) is 6.04 Å². The van der Waals surface area contributed by atoms with Gasteiger partial charge in [-0.15, -0.1) is 11.3 Å². The van der Waals surface area contributed by atoms with Crippen molar-refractivity contribution in [2.45, 2.75) is 31.8 Å². The Morgan fingerprint density at radius 1 is 1.16 bits per heavy atom. The maximum absolute atomic E-state index is 4.41. The fourth-order valence-electron chi connectivity index (χ4n) is 3.36. The van der Waals surface area contributed by atoms with Crippen LogP contribution in [-0.4, -0.2) is 37.5 Å². The zero-order valence-corrected chi connectivity index (χ0v) is 15.9. The van der Waals surface area contributed by atoms with Crippen molar-refractivity contribution < 1.29 is 0 Å². The summed E-state index contributed by atoms with van der Waals surface area (Å²) in [4.78, 5) is 8.43. The molecule has 1 aliphatic rings. The highest BCUT2D eigenvalue weighted by Gasteiger charge is 2.24. The van der Waals surface area contributed by atoms with Crippen molar-refractivity contribution in [1.29, 1.82) is 0 Å². The average Bonchev–Trinajstić information content (AvgIpc) is 3.36. The molecule has 0 radical (unpaired) electrons. The lowest BCUT2D eigenvalue weighted by Gasteiger charge is -2.28. The van der Waals surface area contributed by atoms with E-state index in [1.54, 1.807) is 0 Å². The first-order chi connectivity index (χ1) is 12.3. The van der Waals surface area contributed by atoms with E-state index in [9.17, 15) is 0 Å². The summed E-state index contributed by atoms with van der Waals surface area (Å²) < 4.78 is 0. The third kappa shape index (κ3) is 4.83. The van der Waals surface area contributed by atoms with Crippen molar-refractivity contribution >= 4 is 17.3 Å². The van der Waals surface area contributed by atoms with Crippen molar-refractivity contribution in [3.05, 3.63) is 58.3 Å². The first kappa shape index (κ1) is 18.0. The molecule has 2 unspecified atom stereocenters. The first-order valence-corrected chi connectivity index (χ1v) is 9.95. The Hall–Kier alpha value is -1.85. The Morgan fingerprint density at radius 3 is 2.56 bits per heavy atom. The van der Waals surface area contributed by atoms with Gasteiger partial charge in [0.25, 0.3) is 0 Å². The molecule has 1 fully saturated rings. The molecule has 2 aromatic rings. The molecule has 2 atom stereocenters. The Balaban J connectivity index is 1.60. The number of likely N-dealkylation sites (tertiary alicyclic amines) is 1. The van der Waals surface area contributed by atoms with E-state index < -0.39 is 0 Å². The fraction of sp³-hybridized carbons (Fsp3) is 0.450. The van der Waals surface area contributed by atoms with Gasteiger partial charge in [0.2, 0.25) is 0 Å². The summed E-state index contributed by atoms with van der Waals surface area (Å²) in [5.41, 5.74) is 1.26. The molecule has 0 bridgehead atoms. The van der Waals surface area contributed by atoms with Crippen LogP contribution < -0.4 is 10.6 Å². The minimum absolute atomic E-state index is 0.222. The number of guanidine groups is 1. The lowest BCUT2D eigenvalue weighted by Crippen LogP contribution is -2.43. The summed E-state index contributed by atoms with van der Waals surface area (Å²) >= 11 is 1.85. The second kappa shape index (κ2) is 9.02. The van der Waals surface area contributed by atoms with E-state index in [0.717, 1.165) is 12.5 Å². The molecule has 4 nitrogen and oxygen atoms in total. The maximum atomic E-state index is 4.41. The lowest BCUT2D eigenvalue weighted by atomic mass is 10.1. The average molecular weight is 357 g/mol. The molecule has 1 aromatic carbocycles. The van der Waals surface area contributed by atoms with Crippen LogP contribution >= 0.6 is 11.3 Å². The highest BCUT2D eigenvalue weighted by atomic mass is 32.1. The van der Waals surface area contributed by atoms with Crippen LogP contribution in [0, 0.1) is 0 Å². The van der Waals surface area contributed by atoms with Crippen molar-refractivity contribution in [1.82, 2.24) is 15.5 Å². The largest absolute Gasteiger partial charge is 0.354 e. The fourth-order valence-corrected chi connectivity index (χ4v) is 4.22. The Bertz CT molecular complexity index is 648. The standard InChI is InChI=1S/C20H28N4S/c1-16(17-9-4-3-5-10-17)23-20(21-2)22-15-18(19-11-8-14-25-19)24-12-6-7-13-24/h3-5,8-11,14,16,18H,6-7,12-13,15H2,1-2H3,(H2,21,22,23). The summed E-state index contributed by atoms with van der Waals surface area (Å²) in [6.07, 6.45) is 2.61. The molecule has 1 saturated heterocycles. The monoisotopic (exact) mass is 356 g/mol. The number of nitrogens with one attached hydrogen (secondary N) is 2. The molecule has 1 aromatic heterocycles. The number of hydrogen-bond acceptors (Lipinski definition) is 3. The first-order valence-electron chi connectivity index (χ1n) is 9.07. The van der Waals surface area contributed by atoms with Crippen molar-refractivity contribution in [2.75, 3.05) is 26.7 Å². The highest BCUT2D eigenvalue weighted by Crippen LogP contribution is 2.27. The van der Waals surface area contributed by atoms with Crippen LogP contribution in [0.3, 0.4) is 0 Å². The van der Waals surface area contributed by atoms with Gasteiger partial charge in [0.05, 0.1) is 12.1 Å². The van der Waals surface area contributed by atoms with Gasteiger partial charge in [0.1, 0.15) is 0 Å². The van der Waals surface area contributed by atoms with Crippen molar-refractivity contribution in [3.63, 3.8) is 0 Å². The van der Waals surface area contributed by atoms with Crippen LogP contribution in [0.4, 0.5) is 0 Å². The van der Waals surface area contributed by atoms with E-state index in [4.69, 9.17) is 0 Å². The lowest BCUT2D eigenvalue weighted by molar-refractivity contribution is 0.249. The zero-order chi connectivity index (χ0) is 17.5. The van der Waals surface area contributed by atoms with E-state index >= 15 is 0 Å². The normalized spacial score (nSPS) is 18.1. The zero-order valence-electron chi connectivity index (χ0n) is 15.1. The van der Waals surface area contributed by atoms with E-state index in [-0.39, 0.29) is 6.04 Å². The van der Waals surface area contributed by atoms with Crippen LogP contribution in [-0.2, 0) is 0 Å². The summed E-state index contributed by atoms with van der Waals surface area (Å²) in [6, 6.07) is 15.5. The smallest absolute Gasteiger partial charge is 0.191 e. The molecule has 2 heterocycles. The van der Waals surface area contributed by atoms with Crippen LogP contribution in [0.1, 0.15) is 42.3 Å². The number of thiophene rings is 1. The van der Waals surface area contributed by atoms with Gasteiger partial charge in [-0.05, 0) is 49.9 Å². The van der Waals surface area contributed by atoms with Crippen LogP contribution in [0.15, 0.2) is 52.8 Å².